The minimum absolute atomic E-state index is 0.114. The molecule has 0 radical (unpaired) electrons. The lowest BCUT2D eigenvalue weighted by molar-refractivity contribution is 0.0906. The van der Waals surface area contributed by atoms with Crippen LogP contribution in [0, 0.1) is 5.92 Å². The standard InChI is InChI=1S/C21H28N4O3S/c1-23-21(24-13-17-7-9-20(10-8-17)29(22,26)27)25-12-11-19(14-25)16-28-15-18-5-3-2-4-6-18/h2-10,19H,11-16H2,1H3,(H,23,24)(H2,22,26,27). The monoisotopic (exact) mass is 416 g/mol. The number of hydrogen-bond acceptors (Lipinski definition) is 4. The molecule has 2 aromatic rings. The fraction of sp³-hybridized carbons (Fsp3) is 0.381. The number of hydrogen-bond donors (Lipinski definition) is 2. The van der Waals surface area contributed by atoms with Crippen LogP contribution in [-0.2, 0) is 27.9 Å². The maximum absolute atomic E-state index is 11.3. The molecule has 29 heavy (non-hydrogen) atoms. The van der Waals surface area contributed by atoms with Crippen molar-refractivity contribution in [3.8, 4) is 0 Å². The van der Waals surface area contributed by atoms with Gasteiger partial charge in [0, 0.05) is 32.6 Å². The van der Waals surface area contributed by atoms with E-state index in [2.05, 4.69) is 27.3 Å². The lowest BCUT2D eigenvalue weighted by Crippen LogP contribution is -2.39. The van der Waals surface area contributed by atoms with Crippen LogP contribution in [0.2, 0.25) is 0 Å². The van der Waals surface area contributed by atoms with E-state index in [1.54, 1.807) is 19.2 Å². The first kappa shape index (κ1) is 21.3. The largest absolute Gasteiger partial charge is 0.376 e. The van der Waals surface area contributed by atoms with Gasteiger partial charge in [0.05, 0.1) is 18.1 Å². The minimum atomic E-state index is -3.66. The third-order valence-corrected chi connectivity index (χ3v) is 5.89. The van der Waals surface area contributed by atoms with Gasteiger partial charge in [-0.25, -0.2) is 13.6 Å². The van der Waals surface area contributed by atoms with Gasteiger partial charge in [0.1, 0.15) is 0 Å². The number of nitrogens with one attached hydrogen (secondary N) is 1. The molecule has 0 amide bonds. The molecule has 0 aromatic heterocycles. The molecular weight excluding hydrogens is 388 g/mol. The van der Waals surface area contributed by atoms with Crippen LogP contribution in [0.1, 0.15) is 17.5 Å². The number of sulfonamides is 1. The van der Waals surface area contributed by atoms with Crippen LogP contribution in [0.3, 0.4) is 0 Å². The zero-order valence-corrected chi connectivity index (χ0v) is 17.4. The van der Waals surface area contributed by atoms with E-state index in [4.69, 9.17) is 9.88 Å². The number of benzene rings is 2. The van der Waals surface area contributed by atoms with E-state index in [9.17, 15) is 8.42 Å². The number of guanidine groups is 1. The maximum atomic E-state index is 11.3. The fourth-order valence-corrected chi connectivity index (χ4v) is 3.90. The minimum Gasteiger partial charge on any atom is -0.376 e. The van der Waals surface area contributed by atoms with Crippen molar-refractivity contribution in [2.24, 2.45) is 16.0 Å². The summed E-state index contributed by atoms with van der Waals surface area (Å²) >= 11 is 0. The average molecular weight is 417 g/mol. The van der Waals surface area contributed by atoms with Crippen molar-refractivity contribution in [2.75, 3.05) is 26.7 Å². The van der Waals surface area contributed by atoms with Gasteiger partial charge in [0.15, 0.2) is 5.96 Å². The second kappa shape index (κ2) is 9.87. The predicted octanol–water partition coefficient (Wildman–Crippen LogP) is 1.95. The fourth-order valence-electron chi connectivity index (χ4n) is 3.39. The van der Waals surface area contributed by atoms with Crippen LogP contribution in [0.4, 0.5) is 0 Å². The number of nitrogens with zero attached hydrogens (tertiary/aromatic N) is 2. The summed E-state index contributed by atoms with van der Waals surface area (Å²) in [5, 5.41) is 8.48. The first-order chi connectivity index (χ1) is 14.0. The second-order valence-corrected chi connectivity index (χ2v) is 8.75. The molecule has 1 heterocycles. The van der Waals surface area contributed by atoms with Gasteiger partial charge in [-0.3, -0.25) is 4.99 Å². The second-order valence-electron chi connectivity index (χ2n) is 7.19. The van der Waals surface area contributed by atoms with E-state index in [0.717, 1.165) is 37.6 Å². The van der Waals surface area contributed by atoms with Crippen LogP contribution in [0.5, 0.6) is 0 Å². The van der Waals surface area contributed by atoms with Gasteiger partial charge in [0.25, 0.3) is 0 Å². The lowest BCUT2D eigenvalue weighted by Gasteiger charge is -2.22. The van der Waals surface area contributed by atoms with Crippen LogP contribution in [0.15, 0.2) is 64.5 Å². The number of aliphatic imine (C=N–C) groups is 1. The molecule has 156 valence electrons. The number of likely N-dealkylation sites (tertiary alicyclic amines) is 1. The normalized spacial score (nSPS) is 17.5. The SMILES string of the molecule is CN=C(NCc1ccc(S(N)(=O)=O)cc1)N1CCC(COCc2ccccc2)C1. The summed E-state index contributed by atoms with van der Waals surface area (Å²) in [5.41, 5.74) is 2.15. The van der Waals surface area contributed by atoms with Crippen molar-refractivity contribution < 1.29 is 13.2 Å². The van der Waals surface area contributed by atoms with E-state index in [0.29, 0.717) is 19.1 Å². The van der Waals surface area contributed by atoms with Crippen molar-refractivity contribution in [3.05, 3.63) is 65.7 Å². The molecule has 1 atom stereocenters. The molecule has 1 aliphatic rings. The van der Waals surface area contributed by atoms with Gasteiger partial charge < -0.3 is 15.0 Å². The zero-order chi connectivity index (χ0) is 20.7. The van der Waals surface area contributed by atoms with E-state index in [1.807, 2.05) is 18.2 Å². The van der Waals surface area contributed by atoms with Crippen molar-refractivity contribution >= 4 is 16.0 Å². The number of rotatable bonds is 7. The van der Waals surface area contributed by atoms with Crippen molar-refractivity contribution in [3.63, 3.8) is 0 Å². The number of nitrogens with two attached hydrogens (primary N) is 1. The van der Waals surface area contributed by atoms with E-state index >= 15 is 0 Å². The molecule has 1 fully saturated rings. The third kappa shape index (κ3) is 6.28. The molecule has 8 heteroatoms. The predicted molar refractivity (Wildman–Crippen MR) is 114 cm³/mol. The summed E-state index contributed by atoms with van der Waals surface area (Å²) in [6.45, 7) is 3.77. The van der Waals surface area contributed by atoms with E-state index < -0.39 is 10.0 Å². The maximum Gasteiger partial charge on any atom is 0.238 e. The lowest BCUT2D eigenvalue weighted by atomic mass is 10.1. The van der Waals surface area contributed by atoms with Gasteiger partial charge in [-0.2, -0.15) is 0 Å². The Balaban J connectivity index is 1.44. The summed E-state index contributed by atoms with van der Waals surface area (Å²) < 4.78 is 28.6. The zero-order valence-electron chi connectivity index (χ0n) is 16.6. The van der Waals surface area contributed by atoms with E-state index in [-0.39, 0.29) is 4.90 Å². The summed E-state index contributed by atoms with van der Waals surface area (Å²) in [4.78, 5) is 6.72. The molecule has 3 rings (SSSR count). The Bertz CT molecular complexity index is 915. The Morgan fingerprint density at radius 3 is 2.55 bits per heavy atom. The van der Waals surface area contributed by atoms with Gasteiger partial charge in [-0.05, 0) is 29.7 Å². The Kier molecular flexibility index (Phi) is 7.24. The first-order valence-corrected chi connectivity index (χ1v) is 11.2. The van der Waals surface area contributed by atoms with Gasteiger partial charge in [-0.1, -0.05) is 42.5 Å². The van der Waals surface area contributed by atoms with Crippen LogP contribution >= 0.6 is 0 Å². The quantitative estimate of drug-likeness (QED) is 0.531. The molecule has 1 aliphatic heterocycles. The molecule has 0 aliphatic carbocycles. The molecule has 0 bridgehead atoms. The number of primary sulfonamides is 1. The molecular formula is C21H28N4O3S. The first-order valence-electron chi connectivity index (χ1n) is 9.64. The summed E-state index contributed by atoms with van der Waals surface area (Å²) in [6.07, 6.45) is 1.07. The molecule has 2 aromatic carbocycles. The highest BCUT2D eigenvalue weighted by molar-refractivity contribution is 7.89. The van der Waals surface area contributed by atoms with Crippen LogP contribution < -0.4 is 10.5 Å². The Morgan fingerprint density at radius 1 is 1.17 bits per heavy atom. The van der Waals surface area contributed by atoms with Crippen molar-refractivity contribution in [1.82, 2.24) is 10.2 Å². The Hall–Kier alpha value is -2.42. The summed E-state index contributed by atoms with van der Waals surface area (Å²) in [7, 11) is -1.90. The van der Waals surface area contributed by atoms with Gasteiger partial charge >= 0.3 is 0 Å². The summed E-state index contributed by atoms with van der Waals surface area (Å²) in [6, 6.07) is 16.7. The van der Waals surface area contributed by atoms with E-state index in [1.165, 1.54) is 17.7 Å². The molecule has 0 spiro atoms. The van der Waals surface area contributed by atoms with Crippen molar-refractivity contribution in [1.29, 1.82) is 0 Å². The molecule has 7 nitrogen and oxygen atoms in total. The summed E-state index contributed by atoms with van der Waals surface area (Å²) in [5.74, 6) is 1.32. The smallest absolute Gasteiger partial charge is 0.238 e. The molecule has 1 saturated heterocycles. The molecule has 1 unspecified atom stereocenters. The van der Waals surface area contributed by atoms with Gasteiger partial charge in [0.2, 0.25) is 10.0 Å². The Morgan fingerprint density at radius 2 is 1.90 bits per heavy atom. The highest BCUT2D eigenvalue weighted by Crippen LogP contribution is 2.17. The highest BCUT2D eigenvalue weighted by Gasteiger charge is 2.25. The third-order valence-electron chi connectivity index (χ3n) is 4.96. The average Bonchev–Trinajstić information content (AvgIpc) is 3.18. The topological polar surface area (TPSA) is 97.0 Å². The molecule has 0 saturated carbocycles. The van der Waals surface area contributed by atoms with Crippen molar-refractivity contribution in [2.45, 2.75) is 24.5 Å². The van der Waals surface area contributed by atoms with Crippen LogP contribution in [0.25, 0.3) is 0 Å². The van der Waals surface area contributed by atoms with Gasteiger partial charge in [-0.15, -0.1) is 0 Å². The van der Waals surface area contributed by atoms with Crippen LogP contribution in [-0.4, -0.2) is 46.0 Å². The highest BCUT2D eigenvalue weighted by atomic mass is 32.2. The number of ether oxygens (including phenoxy) is 1. The molecule has 3 N–H and O–H groups in total. The Labute approximate surface area is 172 Å².